The first-order chi connectivity index (χ1) is 9.93. The standard InChI is InChI=1S/C14H23N3O2S2/c1-10-6-14(20-13(10)7-15)21(18,19)17-9-12-4-3-5-16(12)8-11(17)2/h6,11-12H,3-5,7-9,15H2,1-2H3. The lowest BCUT2D eigenvalue weighted by Crippen LogP contribution is -2.56. The zero-order chi connectivity index (χ0) is 15.2. The molecular weight excluding hydrogens is 306 g/mol. The van der Waals surface area contributed by atoms with E-state index in [9.17, 15) is 8.42 Å². The molecule has 2 saturated heterocycles. The molecule has 1 aromatic rings. The summed E-state index contributed by atoms with van der Waals surface area (Å²) in [7, 11) is -3.39. The van der Waals surface area contributed by atoms with Crippen molar-refractivity contribution in [2.45, 2.75) is 49.5 Å². The second-order valence-electron chi connectivity index (χ2n) is 6.09. The molecule has 2 N–H and O–H groups in total. The van der Waals surface area contributed by atoms with Crippen LogP contribution in [0, 0.1) is 6.92 Å². The van der Waals surface area contributed by atoms with Gasteiger partial charge in [-0.1, -0.05) is 0 Å². The highest BCUT2D eigenvalue weighted by Crippen LogP contribution is 2.33. The summed E-state index contributed by atoms with van der Waals surface area (Å²) < 4.78 is 28.0. The van der Waals surface area contributed by atoms with E-state index in [4.69, 9.17) is 5.73 Å². The Morgan fingerprint density at radius 2 is 2.19 bits per heavy atom. The van der Waals surface area contributed by atoms with Gasteiger partial charge < -0.3 is 5.73 Å². The van der Waals surface area contributed by atoms with E-state index in [1.807, 2.05) is 13.8 Å². The number of aryl methyl sites for hydroxylation is 1. The molecule has 0 amide bonds. The second kappa shape index (κ2) is 5.62. The lowest BCUT2D eigenvalue weighted by atomic mass is 10.1. The van der Waals surface area contributed by atoms with E-state index in [2.05, 4.69) is 4.90 Å². The van der Waals surface area contributed by atoms with Crippen molar-refractivity contribution in [3.05, 3.63) is 16.5 Å². The molecule has 118 valence electrons. The van der Waals surface area contributed by atoms with Crippen LogP contribution in [0.25, 0.3) is 0 Å². The van der Waals surface area contributed by atoms with Gasteiger partial charge in [0.25, 0.3) is 10.0 Å². The molecule has 0 aromatic carbocycles. The molecule has 5 nitrogen and oxygen atoms in total. The maximum Gasteiger partial charge on any atom is 0.252 e. The molecule has 0 saturated carbocycles. The van der Waals surface area contributed by atoms with Crippen molar-refractivity contribution in [3.8, 4) is 0 Å². The van der Waals surface area contributed by atoms with Crippen LogP contribution in [0.15, 0.2) is 10.3 Å². The van der Waals surface area contributed by atoms with Crippen LogP contribution in [0.2, 0.25) is 0 Å². The summed E-state index contributed by atoms with van der Waals surface area (Å²) in [6.45, 7) is 6.92. The van der Waals surface area contributed by atoms with Gasteiger partial charge in [0.15, 0.2) is 0 Å². The number of nitrogens with two attached hydrogens (primary N) is 1. The molecule has 2 unspecified atom stereocenters. The van der Waals surface area contributed by atoms with Gasteiger partial charge in [0, 0.05) is 36.6 Å². The van der Waals surface area contributed by atoms with Crippen LogP contribution in [0.3, 0.4) is 0 Å². The number of piperazine rings is 1. The Morgan fingerprint density at radius 1 is 1.43 bits per heavy atom. The first-order valence-electron chi connectivity index (χ1n) is 7.48. The quantitative estimate of drug-likeness (QED) is 0.909. The molecule has 2 aliphatic rings. The number of rotatable bonds is 3. The number of fused-ring (bicyclic) bond motifs is 1. The van der Waals surface area contributed by atoms with E-state index in [1.165, 1.54) is 17.8 Å². The Bertz CT molecular complexity index is 626. The Kier molecular flexibility index (Phi) is 4.13. The van der Waals surface area contributed by atoms with Crippen molar-refractivity contribution in [1.82, 2.24) is 9.21 Å². The van der Waals surface area contributed by atoms with Crippen LogP contribution in [-0.4, -0.2) is 49.3 Å². The molecule has 7 heteroatoms. The predicted octanol–water partition coefficient (Wildman–Crippen LogP) is 1.37. The molecule has 3 heterocycles. The highest BCUT2D eigenvalue weighted by Gasteiger charge is 2.40. The first kappa shape index (κ1) is 15.4. The van der Waals surface area contributed by atoms with E-state index in [-0.39, 0.29) is 6.04 Å². The van der Waals surface area contributed by atoms with Crippen molar-refractivity contribution >= 4 is 21.4 Å². The highest BCUT2D eigenvalue weighted by molar-refractivity contribution is 7.91. The fourth-order valence-corrected chi connectivity index (χ4v) is 6.69. The van der Waals surface area contributed by atoms with Gasteiger partial charge in [-0.15, -0.1) is 11.3 Å². The predicted molar refractivity (Wildman–Crippen MR) is 84.9 cm³/mol. The molecule has 0 radical (unpaired) electrons. The fraction of sp³-hybridized carbons (Fsp3) is 0.714. The fourth-order valence-electron chi connectivity index (χ4n) is 3.43. The van der Waals surface area contributed by atoms with Crippen molar-refractivity contribution in [2.24, 2.45) is 5.73 Å². The summed E-state index contributed by atoms with van der Waals surface area (Å²) in [5.41, 5.74) is 6.66. The highest BCUT2D eigenvalue weighted by atomic mass is 32.2. The molecular formula is C14H23N3O2S2. The smallest absolute Gasteiger partial charge is 0.252 e. The van der Waals surface area contributed by atoms with Crippen molar-refractivity contribution < 1.29 is 8.42 Å². The number of sulfonamides is 1. The molecule has 1 aromatic heterocycles. The topological polar surface area (TPSA) is 66.6 Å². The molecule has 0 bridgehead atoms. The average molecular weight is 329 g/mol. The third kappa shape index (κ3) is 2.66. The lowest BCUT2D eigenvalue weighted by Gasteiger charge is -2.41. The maximum absolute atomic E-state index is 12.9. The normalized spacial score (nSPS) is 28.0. The van der Waals surface area contributed by atoms with Crippen LogP contribution >= 0.6 is 11.3 Å². The Balaban J connectivity index is 1.89. The summed E-state index contributed by atoms with van der Waals surface area (Å²) in [4.78, 5) is 3.39. The van der Waals surface area contributed by atoms with Crippen LogP contribution in [0.5, 0.6) is 0 Å². The van der Waals surface area contributed by atoms with Crippen LogP contribution in [-0.2, 0) is 16.6 Å². The minimum absolute atomic E-state index is 0.0353. The third-order valence-electron chi connectivity index (χ3n) is 4.63. The van der Waals surface area contributed by atoms with Gasteiger partial charge in [-0.25, -0.2) is 8.42 Å². The van der Waals surface area contributed by atoms with Crippen molar-refractivity contribution in [2.75, 3.05) is 19.6 Å². The van der Waals surface area contributed by atoms with Crippen molar-refractivity contribution in [1.29, 1.82) is 0 Å². The first-order valence-corrected chi connectivity index (χ1v) is 9.74. The molecule has 3 rings (SSSR count). The monoisotopic (exact) mass is 329 g/mol. The Labute approximate surface area is 130 Å². The van der Waals surface area contributed by atoms with Gasteiger partial charge in [0.1, 0.15) is 4.21 Å². The zero-order valence-electron chi connectivity index (χ0n) is 12.6. The van der Waals surface area contributed by atoms with Crippen molar-refractivity contribution in [3.63, 3.8) is 0 Å². The van der Waals surface area contributed by atoms with Gasteiger partial charge in [-0.3, -0.25) is 4.90 Å². The summed E-state index contributed by atoms with van der Waals surface area (Å²) in [5, 5.41) is 0. The van der Waals surface area contributed by atoms with E-state index in [0.717, 1.165) is 30.0 Å². The van der Waals surface area contributed by atoms with Gasteiger partial charge in [-0.2, -0.15) is 4.31 Å². The van der Waals surface area contributed by atoms with E-state index in [0.29, 0.717) is 23.3 Å². The molecule has 0 aliphatic carbocycles. The minimum atomic E-state index is -3.39. The summed E-state index contributed by atoms with van der Waals surface area (Å²) in [6.07, 6.45) is 2.29. The van der Waals surface area contributed by atoms with E-state index < -0.39 is 10.0 Å². The molecule has 2 aliphatic heterocycles. The van der Waals surface area contributed by atoms with Gasteiger partial charge in [0.05, 0.1) is 0 Å². The largest absolute Gasteiger partial charge is 0.326 e. The van der Waals surface area contributed by atoms with Gasteiger partial charge in [0.2, 0.25) is 0 Å². The summed E-state index contributed by atoms with van der Waals surface area (Å²) in [6, 6.07) is 2.20. The molecule has 2 fully saturated rings. The molecule has 0 spiro atoms. The van der Waals surface area contributed by atoms with Gasteiger partial charge in [-0.05, 0) is 44.9 Å². The van der Waals surface area contributed by atoms with Crippen LogP contribution in [0.1, 0.15) is 30.2 Å². The summed E-state index contributed by atoms with van der Waals surface area (Å²) in [5.74, 6) is 0. The van der Waals surface area contributed by atoms with E-state index >= 15 is 0 Å². The van der Waals surface area contributed by atoms with Crippen LogP contribution < -0.4 is 5.73 Å². The van der Waals surface area contributed by atoms with E-state index in [1.54, 1.807) is 10.4 Å². The lowest BCUT2D eigenvalue weighted by molar-refractivity contribution is 0.117. The number of nitrogens with zero attached hydrogens (tertiary/aromatic N) is 2. The SMILES string of the molecule is Cc1cc(S(=O)(=O)N2CC3CCCN3CC2C)sc1CN. The number of thiophene rings is 1. The average Bonchev–Trinajstić information content (AvgIpc) is 3.03. The third-order valence-corrected chi connectivity index (χ3v) is 8.32. The van der Waals surface area contributed by atoms with Crippen LogP contribution in [0.4, 0.5) is 0 Å². The molecule has 2 atom stereocenters. The maximum atomic E-state index is 12.9. The Morgan fingerprint density at radius 3 is 2.86 bits per heavy atom. The second-order valence-corrected chi connectivity index (χ2v) is 9.34. The Hall–Kier alpha value is -0.470. The summed E-state index contributed by atoms with van der Waals surface area (Å²) >= 11 is 1.32. The zero-order valence-corrected chi connectivity index (χ0v) is 14.2. The number of hydrogen-bond donors (Lipinski definition) is 1. The molecule has 21 heavy (non-hydrogen) atoms. The minimum Gasteiger partial charge on any atom is -0.326 e. The van der Waals surface area contributed by atoms with Gasteiger partial charge >= 0.3 is 0 Å². The number of hydrogen-bond acceptors (Lipinski definition) is 5.